The first-order chi connectivity index (χ1) is 10.6. The molecular formula is C17H25N5. The molecule has 0 unspecified atom stereocenters. The number of aromatic nitrogens is 2. The van der Waals surface area contributed by atoms with Crippen molar-refractivity contribution in [3.8, 4) is 11.3 Å². The SMILES string of the molecule is CN1CCN(CCc2ccc(-c3cc(N)n(C)n3)cc2)CC1. The molecule has 0 saturated carbocycles. The summed E-state index contributed by atoms with van der Waals surface area (Å²) in [6.45, 7) is 5.87. The lowest BCUT2D eigenvalue weighted by atomic mass is 10.1. The van der Waals surface area contributed by atoms with Gasteiger partial charge < -0.3 is 15.5 Å². The number of aryl methyl sites for hydroxylation is 1. The van der Waals surface area contributed by atoms with E-state index in [0.29, 0.717) is 5.82 Å². The van der Waals surface area contributed by atoms with Gasteiger partial charge in [0, 0.05) is 51.4 Å². The highest BCUT2D eigenvalue weighted by Gasteiger charge is 2.13. The van der Waals surface area contributed by atoms with E-state index in [0.717, 1.165) is 24.2 Å². The fourth-order valence-electron chi connectivity index (χ4n) is 2.82. The Labute approximate surface area is 132 Å². The number of hydrogen-bond acceptors (Lipinski definition) is 4. The minimum Gasteiger partial charge on any atom is -0.384 e. The van der Waals surface area contributed by atoms with Crippen LogP contribution >= 0.6 is 0 Å². The zero-order chi connectivity index (χ0) is 15.5. The van der Waals surface area contributed by atoms with Crippen molar-refractivity contribution in [3.05, 3.63) is 35.9 Å². The molecule has 3 rings (SSSR count). The molecule has 0 aliphatic carbocycles. The largest absolute Gasteiger partial charge is 0.384 e. The molecule has 1 aliphatic heterocycles. The molecule has 1 aromatic carbocycles. The number of nitrogens with two attached hydrogens (primary N) is 1. The molecule has 0 amide bonds. The lowest BCUT2D eigenvalue weighted by molar-refractivity contribution is 0.155. The molecule has 0 radical (unpaired) electrons. The molecule has 0 bridgehead atoms. The summed E-state index contributed by atoms with van der Waals surface area (Å²) in [6, 6.07) is 10.6. The van der Waals surface area contributed by atoms with Crippen molar-refractivity contribution < 1.29 is 0 Å². The summed E-state index contributed by atoms with van der Waals surface area (Å²) >= 11 is 0. The highest BCUT2D eigenvalue weighted by atomic mass is 15.3. The predicted octanol–water partition coefficient (Wildman–Crippen LogP) is 1.46. The van der Waals surface area contributed by atoms with Crippen LogP contribution in [0.15, 0.2) is 30.3 Å². The first kappa shape index (κ1) is 15.1. The van der Waals surface area contributed by atoms with Crippen LogP contribution in [0, 0.1) is 0 Å². The highest BCUT2D eigenvalue weighted by molar-refractivity contribution is 5.62. The molecule has 5 nitrogen and oxygen atoms in total. The van der Waals surface area contributed by atoms with Crippen molar-refractivity contribution >= 4 is 5.82 Å². The van der Waals surface area contributed by atoms with Crippen LogP contribution in [0.25, 0.3) is 11.3 Å². The van der Waals surface area contributed by atoms with E-state index in [1.54, 1.807) is 4.68 Å². The monoisotopic (exact) mass is 299 g/mol. The van der Waals surface area contributed by atoms with E-state index < -0.39 is 0 Å². The smallest absolute Gasteiger partial charge is 0.121 e. The van der Waals surface area contributed by atoms with Crippen LogP contribution in [0.2, 0.25) is 0 Å². The van der Waals surface area contributed by atoms with Crippen molar-refractivity contribution in [2.75, 3.05) is 45.5 Å². The zero-order valence-electron chi connectivity index (χ0n) is 13.5. The van der Waals surface area contributed by atoms with Gasteiger partial charge in [-0.15, -0.1) is 0 Å². The van der Waals surface area contributed by atoms with Crippen LogP contribution in [0.3, 0.4) is 0 Å². The normalized spacial score (nSPS) is 17.0. The van der Waals surface area contributed by atoms with Crippen molar-refractivity contribution in [2.24, 2.45) is 7.05 Å². The van der Waals surface area contributed by atoms with Gasteiger partial charge in [0.2, 0.25) is 0 Å². The fourth-order valence-corrected chi connectivity index (χ4v) is 2.82. The van der Waals surface area contributed by atoms with Crippen LogP contribution in [0.5, 0.6) is 0 Å². The van der Waals surface area contributed by atoms with E-state index in [2.05, 4.69) is 46.2 Å². The van der Waals surface area contributed by atoms with Crippen molar-refractivity contribution in [1.29, 1.82) is 0 Å². The third-order valence-corrected chi connectivity index (χ3v) is 4.48. The number of nitrogen functional groups attached to an aromatic ring is 1. The van der Waals surface area contributed by atoms with E-state index in [-0.39, 0.29) is 0 Å². The number of likely N-dealkylation sites (N-methyl/N-ethyl adjacent to an activating group) is 1. The van der Waals surface area contributed by atoms with Gasteiger partial charge in [-0.1, -0.05) is 24.3 Å². The molecule has 0 spiro atoms. The molecule has 1 fully saturated rings. The molecule has 0 atom stereocenters. The second kappa shape index (κ2) is 6.50. The minimum atomic E-state index is 0.689. The van der Waals surface area contributed by atoms with Gasteiger partial charge in [0.25, 0.3) is 0 Å². The Kier molecular flexibility index (Phi) is 4.45. The van der Waals surface area contributed by atoms with Crippen molar-refractivity contribution in [3.63, 3.8) is 0 Å². The average Bonchev–Trinajstić information content (AvgIpc) is 2.87. The number of anilines is 1. The Balaban J connectivity index is 1.57. The second-order valence-electron chi connectivity index (χ2n) is 6.17. The van der Waals surface area contributed by atoms with Gasteiger partial charge in [0.15, 0.2) is 0 Å². The van der Waals surface area contributed by atoms with Gasteiger partial charge >= 0.3 is 0 Å². The molecule has 2 aromatic rings. The maximum Gasteiger partial charge on any atom is 0.121 e. The van der Waals surface area contributed by atoms with Gasteiger partial charge in [-0.3, -0.25) is 4.68 Å². The molecule has 1 saturated heterocycles. The zero-order valence-corrected chi connectivity index (χ0v) is 13.5. The molecule has 1 aromatic heterocycles. The van der Waals surface area contributed by atoms with Crippen molar-refractivity contribution in [1.82, 2.24) is 19.6 Å². The Morgan fingerprint density at radius 2 is 1.73 bits per heavy atom. The van der Waals surface area contributed by atoms with Crippen molar-refractivity contribution in [2.45, 2.75) is 6.42 Å². The Hall–Kier alpha value is -1.85. The van der Waals surface area contributed by atoms with E-state index in [1.807, 2.05) is 13.1 Å². The van der Waals surface area contributed by atoms with Crippen LogP contribution in [0.1, 0.15) is 5.56 Å². The van der Waals surface area contributed by atoms with Crippen LogP contribution in [0.4, 0.5) is 5.82 Å². The number of piperazine rings is 1. The quantitative estimate of drug-likeness (QED) is 0.928. The molecular weight excluding hydrogens is 274 g/mol. The summed E-state index contributed by atoms with van der Waals surface area (Å²) in [4.78, 5) is 4.94. The first-order valence-corrected chi connectivity index (χ1v) is 7.91. The first-order valence-electron chi connectivity index (χ1n) is 7.91. The van der Waals surface area contributed by atoms with Gasteiger partial charge in [-0.25, -0.2) is 0 Å². The van der Waals surface area contributed by atoms with Crippen LogP contribution < -0.4 is 5.73 Å². The lowest BCUT2D eigenvalue weighted by Crippen LogP contribution is -2.45. The molecule has 118 valence electrons. The third-order valence-electron chi connectivity index (χ3n) is 4.48. The number of nitrogens with zero attached hydrogens (tertiary/aromatic N) is 4. The Morgan fingerprint density at radius 3 is 2.32 bits per heavy atom. The minimum absolute atomic E-state index is 0.689. The standard InChI is InChI=1S/C17H25N5/c1-20-9-11-22(12-10-20)8-7-14-3-5-15(6-4-14)16-13-17(18)21(2)19-16/h3-6,13H,7-12,18H2,1-2H3. The maximum absolute atomic E-state index is 5.84. The second-order valence-corrected chi connectivity index (χ2v) is 6.17. The van der Waals surface area contributed by atoms with Gasteiger partial charge in [0.1, 0.15) is 5.82 Å². The molecule has 2 heterocycles. The summed E-state index contributed by atoms with van der Waals surface area (Å²) in [7, 11) is 4.06. The Bertz CT molecular complexity index is 589. The van der Waals surface area contributed by atoms with Gasteiger partial charge in [0.05, 0.1) is 5.69 Å². The maximum atomic E-state index is 5.84. The van der Waals surface area contributed by atoms with Crippen LogP contribution in [-0.4, -0.2) is 59.4 Å². The molecule has 22 heavy (non-hydrogen) atoms. The number of hydrogen-bond donors (Lipinski definition) is 1. The summed E-state index contributed by atoms with van der Waals surface area (Å²) in [5.41, 5.74) is 9.28. The Morgan fingerprint density at radius 1 is 1.05 bits per heavy atom. The van der Waals surface area contributed by atoms with E-state index >= 15 is 0 Å². The molecule has 2 N–H and O–H groups in total. The van der Waals surface area contributed by atoms with Crippen LogP contribution in [-0.2, 0) is 13.5 Å². The summed E-state index contributed by atoms with van der Waals surface area (Å²) < 4.78 is 1.70. The highest BCUT2D eigenvalue weighted by Crippen LogP contribution is 2.20. The van der Waals surface area contributed by atoms with Gasteiger partial charge in [-0.05, 0) is 19.0 Å². The molecule has 5 heteroatoms. The summed E-state index contributed by atoms with van der Waals surface area (Å²) in [5.74, 6) is 0.689. The summed E-state index contributed by atoms with van der Waals surface area (Å²) in [6.07, 6.45) is 1.11. The van der Waals surface area contributed by atoms with E-state index in [1.165, 1.54) is 31.7 Å². The summed E-state index contributed by atoms with van der Waals surface area (Å²) in [5, 5.41) is 4.42. The van der Waals surface area contributed by atoms with E-state index in [4.69, 9.17) is 5.73 Å². The average molecular weight is 299 g/mol. The van der Waals surface area contributed by atoms with E-state index in [9.17, 15) is 0 Å². The number of benzene rings is 1. The third kappa shape index (κ3) is 3.48. The number of rotatable bonds is 4. The molecule has 1 aliphatic rings. The van der Waals surface area contributed by atoms with Gasteiger partial charge in [-0.2, -0.15) is 5.10 Å². The predicted molar refractivity (Wildman–Crippen MR) is 90.7 cm³/mol. The lowest BCUT2D eigenvalue weighted by Gasteiger charge is -2.32. The topological polar surface area (TPSA) is 50.3 Å². The fraction of sp³-hybridized carbons (Fsp3) is 0.471.